The van der Waals surface area contributed by atoms with Crippen LogP contribution in [-0.2, 0) is 9.53 Å². The molecule has 1 aromatic heterocycles. The highest BCUT2D eigenvalue weighted by Gasteiger charge is 2.24. The van der Waals surface area contributed by atoms with Crippen molar-refractivity contribution in [2.75, 3.05) is 19.7 Å². The molecule has 1 aromatic rings. The summed E-state index contributed by atoms with van der Waals surface area (Å²) < 4.78 is 5.58. The Hall–Kier alpha value is -1.66. The van der Waals surface area contributed by atoms with Crippen LogP contribution in [0.25, 0.3) is 6.08 Å². The average molecular weight is 309 g/mol. The van der Waals surface area contributed by atoms with Gasteiger partial charge in [0.1, 0.15) is 0 Å². The van der Waals surface area contributed by atoms with E-state index >= 15 is 0 Å². The van der Waals surface area contributed by atoms with Crippen LogP contribution in [0.5, 0.6) is 0 Å². The van der Waals surface area contributed by atoms with Crippen LogP contribution >= 0.6 is 11.3 Å². The van der Waals surface area contributed by atoms with Crippen LogP contribution in [0.1, 0.15) is 35.0 Å². The number of ether oxygens (including phenoxy) is 1. The van der Waals surface area contributed by atoms with Crippen LogP contribution in [0, 0.1) is 0 Å². The molecule has 1 aliphatic rings. The molecule has 1 saturated heterocycles. The number of nitrogens with zero attached hydrogens (tertiary/aromatic N) is 1. The van der Waals surface area contributed by atoms with Gasteiger partial charge in [-0.2, -0.15) is 0 Å². The van der Waals surface area contributed by atoms with Gasteiger partial charge in [0.15, 0.2) is 0 Å². The molecule has 6 heteroatoms. The highest BCUT2D eigenvalue weighted by atomic mass is 32.1. The minimum atomic E-state index is -1.02. The standard InChI is InChI=1S/C15H19NO4S/c1-2-16(10-12-4-3-8-20-12)15(19)14-11(7-9-21-14)5-6-13(17)18/h5-7,9,12H,2-4,8,10H2,1H3,(H,17,18). The normalized spacial score (nSPS) is 18.2. The highest BCUT2D eigenvalue weighted by molar-refractivity contribution is 7.12. The fourth-order valence-corrected chi connectivity index (χ4v) is 3.17. The summed E-state index contributed by atoms with van der Waals surface area (Å²) in [4.78, 5) is 25.5. The van der Waals surface area contributed by atoms with Crippen molar-refractivity contribution in [2.45, 2.75) is 25.9 Å². The summed E-state index contributed by atoms with van der Waals surface area (Å²) in [7, 11) is 0. The summed E-state index contributed by atoms with van der Waals surface area (Å²) >= 11 is 1.33. The molecule has 5 nitrogen and oxygen atoms in total. The smallest absolute Gasteiger partial charge is 0.328 e. The molecule has 2 heterocycles. The summed E-state index contributed by atoms with van der Waals surface area (Å²) in [6.45, 7) is 3.91. The summed E-state index contributed by atoms with van der Waals surface area (Å²) in [5, 5.41) is 10.5. The first-order valence-corrected chi connectivity index (χ1v) is 7.89. The SMILES string of the molecule is CCN(CC1CCCO1)C(=O)c1sccc1C=CC(=O)O. The van der Waals surface area contributed by atoms with Crippen molar-refractivity contribution in [3.8, 4) is 0 Å². The van der Waals surface area contributed by atoms with Crippen LogP contribution in [-0.4, -0.2) is 47.7 Å². The molecular weight excluding hydrogens is 290 g/mol. The molecule has 1 fully saturated rings. The number of thiophene rings is 1. The molecule has 0 bridgehead atoms. The molecule has 0 aliphatic carbocycles. The number of carbonyl (C=O) groups is 2. The number of amides is 1. The summed E-state index contributed by atoms with van der Waals surface area (Å²) in [5.74, 6) is -1.08. The first-order valence-electron chi connectivity index (χ1n) is 7.01. The molecule has 1 unspecified atom stereocenters. The van der Waals surface area contributed by atoms with Crippen molar-refractivity contribution in [3.63, 3.8) is 0 Å². The Balaban J connectivity index is 2.10. The van der Waals surface area contributed by atoms with E-state index in [9.17, 15) is 9.59 Å². The summed E-state index contributed by atoms with van der Waals surface area (Å²) in [6, 6.07) is 1.76. The lowest BCUT2D eigenvalue weighted by Crippen LogP contribution is -2.37. The summed E-state index contributed by atoms with van der Waals surface area (Å²) in [5.41, 5.74) is 0.651. The number of carboxylic acids is 1. The van der Waals surface area contributed by atoms with Gasteiger partial charge in [-0.05, 0) is 42.9 Å². The number of carbonyl (C=O) groups excluding carboxylic acids is 1. The zero-order valence-electron chi connectivity index (χ0n) is 11.9. The second kappa shape index (κ2) is 7.38. The van der Waals surface area contributed by atoms with E-state index < -0.39 is 5.97 Å². The second-order valence-corrected chi connectivity index (χ2v) is 5.77. The molecule has 1 N–H and O–H groups in total. The Morgan fingerprint density at radius 1 is 1.57 bits per heavy atom. The Labute approximate surface area is 127 Å². The highest BCUT2D eigenvalue weighted by Crippen LogP contribution is 2.22. The van der Waals surface area contributed by atoms with E-state index in [2.05, 4.69) is 0 Å². The van der Waals surface area contributed by atoms with E-state index in [-0.39, 0.29) is 12.0 Å². The van der Waals surface area contributed by atoms with E-state index in [1.54, 1.807) is 16.3 Å². The quantitative estimate of drug-likeness (QED) is 0.820. The van der Waals surface area contributed by atoms with Gasteiger partial charge in [-0.3, -0.25) is 4.79 Å². The van der Waals surface area contributed by atoms with Crippen LogP contribution in [0.15, 0.2) is 17.5 Å². The molecule has 2 rings (SSSR count). The Bertz CT molecular complexity index is 532. The van der Waals surface area contributed by atoms with Gasteiger partial charge in [0, 0.05) is 25.8 Å². The second-order valence-electron chi connectivity index (χ2n) is 4.86. The predicted molar refractivity (Wildman–Crippen MR) is 81.5 cm³/mol. The third-order valence-corrected chi connectivity index (χ3v) is 4.33. The number of hydrogen-bond acceptors (Lipinski definition) is 4. The topological polar surface area (TPSA) is 66.8 Å². The zero-order chi connectivity index (χ0) is 15.2. The first kappa shape index (κ1) is 15.7. The van der Waals surface area contributed by atoms with Gasteiger partial charge in [0.05, 0.1) is 11.0 Å². The maximum Gasteiger partial charge on any atom is 0.328 e. The van der Waals surface area contributed by atoms with Gasteiger partial charge < -0.3 is 14.7 Å². The molecule has 0 aromatic carbocycles. The van der Waals surface area contributed by atoms with E-state index in [0.29, 0.717) is 23.5 Å². The lowest BCUT2D eigenvalue weighted by molar-refractivity contribution is -0.131. The van der Waals surface area contributed by atoms with Crippen molar-refractivity contribution in [1.82, 2.24) is 4.90 Å². The average Bonchev–Trinajstić information content (AvgIpc) is 3.12. The lowest BCUT2D eigenvalue weighted by atomic mass is 10.2. The van der Waals surface area contributed by atoms with Crippen molar-refractivity contribution in [2.24, 2.45) is 0 Å². The fourth-order valence-electron chi connectivity index (χ4n) is 2.32. The van der Waals surface area contributed by atoms with Gasteiger partial charge in [0.2, 0.25) is 0 Å². The van der Waals surface area contributed by atoms with Crippen molar-refractivity contribution >= 4 is 29.3 Å². The van der Waals surface area contributed by atoms with E-state index in [4.69, 9.17) is 9.84 Å². The van der Waals surface area contributed by atoms with E-state index in [1.165, 1.54) is 17.4 Å². The number of rotatable bonds is 6. The first-order chi connectivity index (χ1) is 10.1. The zero-order valence-corrected chi connectivity index (χ0v) is 12.8. The Kier molecular flexibility index (Phi) is 5.52. The number of carboxylic acid groups (broad SMARTS) is 1. The fraction of sp³-hybridized carbons (Fsp3) is 0.467. The maximum atomic E-state index is 12.6. The summed E-state index contributed by atoms with van der Waals surface area (Å²) in [6.07, 6.45) is 4.66. The van der Waals surface area contributed by atoms with Crippen molar-refractivity contribution in [1.29, 1.82) is 0 Å². The molecule has 114 valence electrons. The third-order valence-electron chi connectivity index (χ3n) is 3.41. The molecular formula is C15H19NO4S. The minimum absolute atomic E-state index is 0.0620. The number of aliphatic carboxylic acids is 1. The van der Waals surface area contributed by atoms with Gasteiger partial charge in [-0.1, -0.05) is 0 Å². The van der Waals surface area contributed by atoms with Gasteiger partial charge in [-0.25, -0.2) is 4.79 Å². The molecule has 1 amide bonds. The van der Waals surface area contributed by atoms with Gasteiger partial charge in [0.25, 0.3) is 5.91 Å². The molecule has 1 aliphatic heterocycles. The van der Waals surface area contributed by atoms with Crippen molar-refractivity contribution in [3.05, 3.63) is 28.0 Å². The van der Waals surface area contributed by atoms with Gasteiger partial charge >= 0.3 is 5.97 Å². The minimum Gasteiger partial charge on any atom is -0.478 e. The molecule has 0 spiro atoms. The molecule has 21 heavy (non-hydrogen) atoms. The predicted octanol–water partition coefficient (Wildman–Crippen LogP) is 2.49. The van der Waals surface area contributed by atoms with E-state index in [1.807, 2.05) is 6.92 Å². The molecule has 0 saturated carbocycles. The molecule has 0 radical (unpaired) electrons. The van der Waals surface area contributed by atoms with Crippen molar-refractivity contribution < 1.29 is 19.4 Å². The van der Waals surface area contributed by atoms with Crippen LogP contribution < -0.4 is 0 Å². The Morgan fingerprint density at radius 2 is 2.38 bits per heavy atom. The van der Waals surface area contributed by atoms with Crippen LogP contribution in [0.4, 0.5) is 0 Å². The van der Waals surface area contributed by atoms with Crippen LogP contribution in [0.2, 0.25) is 0 Å². The third kappa shape index (κ3) is 4.15. The van der Waals surface area contributed by atoms with Crippen LogP contribution in [0.3, 0.4) is 0 Å². The van der Waals surface area contributed by atoms with Gasteiger partial charge in [-0.15, -0.1) is 11.3 Å². The lowest BCUT2D eigenvalue weighted by Gasteiger charge is -2.23. The van der Waals surface area contributed by atoms with E-state index in [0.717, 1.165) is 25.5 Å². The Morgan fingerprint density at radius 3 is 3.00 bits per heavy atom. The monoisotopic (exact) mass is 309 g/mol. The largest absolute Gasteiger partial charge is 0.478 e. The maximum absolute atomic E-state index is 12.6. The number of hydrogen-bond donors (Lipinski definition) is 1. The molecule has 1 atom stereocenters. The number of likely N-dealkylation sites (N-methyl/N-ethyl adjacent to an activating group) is 1.